The highest BCUT2D eigenvalue weighted by molar-refractivity contribution is 6.30. The van der Waals surface area contributed by atoms with Gasteiger partial charge in [-0.2, -0.15) is 0 Å². The molecule has 0 aromatic heterocycles. The third-order valence-corrected chi connectivity index (χ3v) is 6.43. The topological polar surface area (TPSA) is 93.9 Å². The van der Waals surface area contributed by atoms with Gasteiger partial charge in [-0.05, 0) is 52.6 Å². The maximum Gasteiger partial charge on any atom is 0.261 e. The molecule has 2 aliphatic rings. The van der Waals surface area contributed by atoms with E-state index < -0.39 is 5.54 Å². The molecule has 6 nitrogen and oxygen atoms in total. The number of halogens is 1. The number of aliphatic imine (C=N–C) groups is 1. The Balaban J connectivity index is 1.66. The van der Waals surface area contributed by atoms with Crippen molar-refractivity contribution < 1.29 is 9.53 Å². The summed E-state index contributed by atoms with van der Waals surface area (Å²) in [4.78, 5) is 19.6. The van der Waals surface area contributed by atoms with Gasteiger partial charge in [-0.1, -0.05) is 48.0 Å². The van der Waals surface area contributed by atoms with Crippen LogP contribution in [-0.4, -0.2) is 23.8 Å². The number of nitrogens with zero attached hydrogens (tertiary/aromatic N) is 2. The van der Waals surface area contributed by atoms with E-state index >= 15 is 0 Å². The lowest BCUT2D eigenvalue weighted by Gasteiger charge is -2.37. The lowest BCUT2D eigenvalue weighted by Crippen LogP contribution is -2.43. The second-order valence-corrected chi connectivity index (χ2v) is 8.61. The van der Waals surface area contributed by atoms with Gasteiger partial charge in [0.15, 0.2) is 11.5 Å². The summed E-state index contributed by atoms with van der Waals surface area (Å²) >= 11 is 6.22. The van der Waals surface area contributed by atoms with Gasteiger partial charge < -0.3 is 16.2 Å². The molecule has 2 atom stereocenters. The number of carbonyl (C=O) groups excluding carboxylic acids is 1. The molecule has 3 aromatic carbocycles. The number of fused-ring (bicyclic) bond motifs is 2. The molecule has 7 heteroatoms. The summed E-state index contributed by atoms with van der Waals surface area (Å²) in [6.45, 7) is 0.456. The third-order valence-electron chi connectivity index (χ3n) is 6.20. The Bertz CT molecular complexity index is 1260. The van der Waals surface area contributed by atoms with Crippen LogP contribution in [0, 0.1) is 0 Å². The molecule has 0 bridgehead atoms. The van der Waals surface area contributed by atoms with E-state index in [2.05, 4.69) is 4.99 Å². The van der Waals surface area contributed by atoms with Crippen LogP contribution in [0.4, 0.5) is 0 Å². The maximum atomic E-state index is 13.5. The molecule has 162 valence electrons. The highest BCUT2D eigenvalue weighted by atomic mass is 35.5. The molecular weight excluding hydrogens is 424 g/mol. The fraction of sp³-hybridized carbons (Fsp3) is 0.200. The van der Waals surface area contributed by atoms with E-state index in [1.807, 2.05) is 66.7 Å². The molecular formula is C25H23ClN4O2. The molecule has 0 fully saturated rings. The molecule has 2 aliphatic heterocycles. The summed E-state index contributed by atoms with van der Waals surface area (Å²) in [5.74, 6) is 0.641. The van der Waals surface area contributed by atoms with E-state index in [0.717, 1.165) is 22.3 Å². The molecule has 5 rings (SSSR count). The summed E-state index contributed by atoms with van der Waals surface area (Å²) in [6, 6.07) is 21.4. The number of benzene rings is 3. The first-order chi connectivity index (χ1) is 15.4. The SMILES string of the molecule is CN1C(=O)C2(CC(c3cccc(Cl)c3)Oc3ccc(-c4cccc(CN)c4)cc32)N=C1N. The van der Waals surface area contributed by atoms with Crippen LogP contribution in [0.3, 0.4) is 0 Å². The fourth-order valence-electron chi connectivity index (χ4n) is 4.49. The van der Waals surface area contributed by atoms with Crippen LogP contribution in [0.15, 0.2) is 71.7 Å². The van der Waals surface area contributed by atoms with Crippen LogP contribution in [-0.2, 0) is 16.9 Å². The number of amides is 1. The first kappa shape index (κ1) is 20.5. The minimum Gasteiger partial charge on any atom is -0.485 e. The van der Waals surface area contributed by atoms with E-state index in [-0.39, 0.29) is 18.0 Å². The zero-order valence-electron chi connectivity index (χ0n) is 17.6. The lowest BCUT2D eigenvalue weighted by molar-refractivity contribution is -0.132. The minimum absolute atomic E-state index is 0.167. The summed E-state index contributed by atoms with van der Waals surface area (Å²) in [5.41, 5.74) is 15.4. The van der Waals surface area contributed by atoms with Crippen molar-refractivity contribution in [3.63, 3.8) is 0 Å². The quantitative estimate of drug-likeness (QED) is 0.636. The molecule has 0 saturated carbocycles. The Labute approximate surface area is 191 Å². The summed E-state index contributed by atoms with van der Waals surface area (Å²) in [7, 11) is 1.65. The smallest absolute Gasteiger partial charge is 0.261 e. The van der Waals surface area contributed by atoms with Gasteiger partial charge in [-0.15, -0.1) is 0 Å². The van der Waals surface area contributed by atoms with Crippen LogP contribution < -0.4 is 16.2 Å². The number of likely N-dealkylation sites (N-methyl/N-ethyl adjacent to an activating group) is 1. The standard InChI is InChI=1S/C25H23ClN4O2/c1-30-23(31)25(29-24(30)28)13-22(18-6-3-7-19(26)11-18)32-21-9-8-17(12-20(21)25)16-5-2-4-15(10-16)14-27/h2-12,22H,13-14,27H2,1H3,(H2,28,29). The van der Waals surface area contributed by atoms with E-state index in [4.69, 9.17) is 27.8 Å². The predicted molar refractivity (Wildman–Crippen MR) is 125 cm³/mol. The highest BCUT2D eigenvalue weighted by Crippen LogP contribution is 2.50. The number of hydrogen-bond acceptors (Lipinski definition) is 5. The van der Waals surface area contributed by atoms with Crippen LogP contribution in [0.1, 0.15) is 29.2 Å². The fourth-order valence-corrected chi connectivity index (χ4v) is 4.69. The van der Waals surface area contributed by atoms with Gasteiger partial charge in [-0.3, -0.25) is 9.69 Å². The van der Waals surface area contributed by atoms with Gasteiger partial charge in [0.25, 0.3) is 5.91 Å². The van der Waals surface area contributed by atoms with Crippen LogP contribution in [0.5, 0.6) is 5.75 Å². The monoisotopic (exact) mass is 446 g/mol. The number of hydrogen-bond donors (Lipinski definition) is 2. The zero-order chi connectivity index (χ0) is 22.5. The summed E-state index contributed by atoms with van der Waals surface area (Å²) in [6.07, 6.45) is -0.0594. The predicted octanol–water partition coefficient (Wildman–Crippen LogP) is 3.97. The number of carbonyl (C=O) groups is 1. The van der Waals surface area contributed by atoms with Gasteiger partial charge in [0.1, 0.15) is 11.9 Å². The molecule has 2 heterocycles. The first-order valence-electron chi connectivity index (χ1n) is 10.4. The number of guanidine groups is 1. The van der Waals surface area contributed by atoms with Crippen molar-refractivity contribution in [1.82, 2.24) is 4.90 Å². The van der Waals surface area contributed by atoms with Crippen molar-refractivity contribution in [2.75, 3.05) is 7.05 Å². The van der Waals surface area contributed by atoms with E-state index in [1.165, 1.54) is 4.90 Å². The molecule has 2 unspecified atom stereocenters. The Morgan fingerprint density at radius 3 is 2.62 bits per heavy atom. The third kappa shape index (κ3) is 3.23. The van der Waals surface area contributed by atoms with E-state index in [1.54, 1.807) is 7.05 Å². The molecule has 1 spiro atoms. The normalized spacial score (nSPS) is 22.0. The summed E-state index contributed by atoms with van der Waals surface area (Å²) in [5, 5.41) is 0.610. The van der Waals surface area contributed by atoms with Crippen LogP contribution in [0.25, 0.3) is 11.1 Å². The highest BCUT2D eigenvalue weighted by Gasteiger charge is 2.53. The van der Waals surface area contributed by atoms with Gasteiger partial charge in [0.2, 0.25) is 0 Å². The molecule has 3 aromatic rings. The average molecular weight is 447 g/mol. The molecule has 32 heavy (non-hydrogen) atoms. The van der Waals surface area contributed by atoms with Gasteiger partial charge in [0, 0.05) is 30.6 Å². The second kappa shape index (κ2) is 7.65. The van der Waals surface area contributed by atoms with E-state index in [9.17, 15) is 4.79 Å². The molecule has 1 amide bonds. The van der Waals surface area contributed by atoms with Crippen molar-refractivity contribution in [3.05, 3.63) is 88.4 Å². The largest absolute Gasteiger partial charge is 0.485 e. The Kier molecular flexibility index (Phi) is 4.92. The molecule has 0 saturated heterocycles. The van der Waals surface area contributed by atoms with Crippen LogP contribution in [0.2, 0.25) is 5.02 Å². The van der Waals surface area contributed by atoms with Gasteiger partial charge in [0.05, 0.1) is 0 Å². The zero-order valence-corrected chi connectivity index (χ0v) is 18.3. The second-order valence-electron chi connectivity index (χ2n) is 8.18. The molecule has 0 aliphatic carbocycles. The Hall–Kier alpha value is -3.35. The first-order valence-corrected chi connectivity index (χ1v) is 10.8. The van der Waals surface area contributed by atoms with Crippen molar-refractivity contribution >= 4 is 23.5 Å². The van der Waals surface area contributed by atoms with Crippen LogP contribution >= 0.6 is 11.6 Å². The average Bonchev–Trinajstić information content (AvgIpc) is 3.02. The maximum absolute atomic E-state index is 13.5. The Morgan fingerprint density at radius 1 is 1.12 bits per heavy atom. The molecule has 4 N–H and O–H groups in total. The number of ether oxygens (including phenoxy) is 1. The van der Waals surface area contributed by atoms with Crippen molar-refractivity contribution in [2.24, 2.45) is 16.5 Å². The lowest BCUT2D eigenvalue weighted by atomic mass is 9.79. The van der Waals surface area contributed by atoms with Gasteiger partial charge in [-0.25, -0.2) is 4.99 Å². The number of nitrogens with two attached hydrogens (primary N) is 2. The van der Waals surface area contributed by atoms with E-state index in [0.29, 0.717) is 29.3 Å². The number of rotatable bonds is 3. The Morgan fingerprint density at radius 2 is 1.91 bits per heavy atom. The molecule has 0 radical (unpaired) electrons. The van der Waals surface area contributed by atoms with Gasteiger partial charge >= 0.3 is 0 Å². The van der Waals surface area contributed by atoms with Crippen molar-refractivity contribution in [3.8, 4) is 16.9 Å². The van der Waals surface area contributed by atoms with Crippen molar-refractivity contribution in [2.45, 2.75) is 24.6 Å². The summed E-state index contributed by atoms with van der Waals surface area (Å²) < 4.78 is 6.35. The minimum atomic E-state index is -1.15. The van der Waals surface area contributed by atoms with Crippen molar-refractivity contribution in [1.29, 1.82) is 0 Å².